The Bertz CT molecular complexity index is 931. The molecule has 0 atom stereocenters. The molecule has 3 aromatic rings. The molecule has 0 saturated heterocycles. The zero-order valence-corrected chi connectivity index (χ0v) is 13.3. The van der Waals surface area contributed by atoms with Crippen LogP contribution < -0.4 is 10.7 Å². The highest BCUT2D eigenvalue weighted by atomic mass is 32.1. The number of nitrogens with one attached hydrogen (secondary N) is 1. The third-order valence-electron chi connectivity index (χ3n) is 3.04. The molecule has 23 heavy (non-hydrogen) atoms. The van der Waals surface area contributed by atoms with E-state index in [0.29, 0.717) is 5.13 Å². The van der Waals surface area contributed by atoms with Crippen molar-refractivity contribution in [1.82, 2.24) is 20.0 Å². The van der Waals surface area contributed by atoms with E-state index in [1.807, 2.05) is 31.2 Å². The van der Waals surface area contributed by atoms with Gasteiger partial charge in [0, 0.05) is 12.3 Å². The first-order valence-electron chi connectivity index (χ1n) is 6.81. The van der Waals surface area contributed by atoms with Crippen molar-refractivity contribution in [3.63, 3.8) is 0 Å². The first kappa shape index (κ1) is 15.0. The molecule has 0 aliphatic heterocycles. The Morgan fingerprint density at radius 2 is 2.04 bits per heavy atom. The third-order valence-corrected chi connectivity index (χ3v) is 3.79. The van der Waals surface area contributed by atoms with Gasteiger partial charge >= 0.3 is 0 Å². The number of hydrogen-bond acceptors (Lipinski definition) is 6. The van der Waals surface area contributed by atoms with Gasteiger partial charge in [0.1, 0.15) is 5.01 Å². The van der Waals surface area contributed by atoms with Crippen molar-refractivity contribution < 1.29 is 4.79 Å². The quantitative estimate of drug-likeness (QED) is 0.794. The van der Waals surface area contributed by atoms with E-state index >= 15 is 0 Å². The lowest BCUT2D eigenvalue weighted by Gasteiger charge is -2.07. The molecule has 7 nitrogen and oxygen atoms in total. The van der Waals surface area contributed by atoms with E-state index in [0.717, 1.165) is 16.3 Å². The summed E-state index contributed by atoms with van der Waals surface area (Å²) >= 11 is 1.23. The van der Waals surface area contributed by atoms with Gasteiger partial charge in [0.2, 0.25) is 10.6 Å². The zero-order valence-electron chi connectivity index (χ0n) is 12.5. The fourth-order valence-electron chi connectivity index (χ4n) is 1.98. The second-order valence-corrected chi connectivity index (χ2v) is 6.07. The Balaban J connectivity index is 1.94. The minimum atomic E-state index is -0.604. The van der Waals surface area contributed by atoms with Crippen LogP contribution in [-0.2, 0) is 0 Å². The van der Waals surface area contributed by atoms with Crippen molar-refractivity contribution in [1.29, 1.82) is 0 Å². The number of aromatic nitrogens is 4. The van der Waals surface area contributed by atoms with Crippen molar-refractivity contribution >= 4 is 22.4 Å². The molecule has 8 heteroatoms. The molecule has 116 valence electrons. The Kier molecular flexibility index (Phi) is 3.98. The first-order chi connectivity index (χ1) is 11.0. The van der Waals surface area contributed by atoms with Crippen molar-refractivity contribution in [2.24, 2.45) is 0 Å². The number of hydrogen-bond donors (Lipinski definition) is 1. The average Bonchev–Trinajstić information content (AvgIpc) is 2.92. The molecule has 2 aromatic heterocycles. The van der Waals surface area contributed by atoms with Gasteiger partial charge in [-0.15, -0.1) is 10.2 Å². The van der Waals surface area contributed by atoms with Crippen molar-refractivity contribution in [3.05, 3.63) is 63.0 Å². The van der Waals surface area contributed by atoms with E-state index in [1.165, 1.54) is 28.3 Å². The zero-order chi connectivity index (χ0) is 16.4. The number of carbonyl (C=O) groups excluding carboxylic acids is 1. The number of rotatable bonds is 3. The van der Waals surface area contributed by atoms with Gasteiger partial charge < -0.3 is 0 Å². The van der Waals surface area contributed by atoms with Crippen LogP contribution in [0.25, 0.3) is 5.69 Å². The van der Waals surface area contributed by atoms with Crippen LogP contribution in [0.2, 0.25) is 0 Å². The Labute approximate surface area is 135 Å². The number of aryl methyl sites for hydroxylation is 2. The van der Waals surface area contributed by atoms with E-state index in [4.69, 9.17) is 0 Å². The van der Waals surface area contributed by atoms with Crippen molar-refractivity contribution in [3.8, 4) is 5.69 Å². The SMILES string of the molecule is Cc1cccc(-n2ccc(=O)c(C(=O)Nc3nnc(C)s3)n2)c1. The van der Waals surface area contributed by atoms with Crippen molar-refractivity contribution in [2.45, 2.75) is 13.8 Å². The highest BCUT2D eigenvalue weighted by Crippen LogP contribution is 2.14. The summed E-state index contributed by atoms with van der Waals surface area (Å²) in [6.45, 7) is 3.73. The molecule has 3 rings (SSSR count). The molecule has 0 saturated carbocycles. The number of anilines is 1. The molecule has 0 aliphatic rings. The molecular weight excluding hydrogens is 314 g/mol. The normalized spacial score (nSPS) is 10.5. The van der Waals surface area contributed by atoms with Gasteiger partial charge in [-0.05, 0) is 31.5 Å². The maximum absolute atomic E-state index is 12.2. The molecule has 0 aliphatic carbocycles. The van der Waals surface area contributed by atoms with E-state index in [9.17, 15) is 9.59 Å². The van der Waals surface area contributed by atoms with E-state index in [2.05, 4.69) is 20.6 Å². The lowest BCUT2D eigenvalue weighted by atomic mass is 10.2. The number of nitrogens with zero attached hydrogens (tertiary/aromatic N) is 4. The summed E-state index contributed by atoms with van der Waals surface area (Å²) in [7, 11) is 0. The van der Waals surface area contributed by atoms with Crippen LogP contribution in [0.1, 0.15) is 21.1 Å². The number of carbonyl (C=O) groups is 1. The highest BCUT2D eigenvalue weighted by molar-refractivity contribution is 7.15. The van der Waals surface area contributed by atoms with Gasteiger partial charge in [-0.3, -0.25) is 14.9 Å². The molecule has 1 amide bonds. The summed E-state index contributed by atoms with van der Waals surface area (Å²) < 4.78 is 1.49. The van der Waals surface area contributed by atoms with Crippen LogP contribution >= 0.6 is 11.3 Å². The summed E-state index contributed by atoms with van der Waals surface area (Å²) in [6, 6.07) is 8.91. The molecule has 0 spiro atoms. The van der Waals surface area contributed by atoms with Crippen LogP contribution in [0.5, 0.6) is 0 Å². The van der Waals surface area contributed by atoms with Gasteiger partial charge in [-0.25, -0.2) is 4.68 Å². The summed E-state index contributed by atoms with van der Waals surface area (Å²) in [5, 5.41) is 15.3. The van der Waals surface area contributed by atoms with Gasteiger partial charge in [0.25, 0.3) is 5.91 Å². The molecule has 0 radical (unpaired) electrons. The smallest absolute Gasteiger partial charge is 0.282 e. The standard InChI is InChI=1S/C15H13N5O2S/c1-9-4-3-5-11(8-9)20-7-6-12(21)13(19-20)14(22)16-15-18-17-10(2)23-15/h3-8H,1-2H3,(H,16,18,22). The van der Waals surface area contributed by atoms with Crippen molar-refractivity contribution in [2.75, 3.05) is 5.32 Å². The molecule has 1 aromatic carbocycles. The van der Waals surface area contributed by atoms with Gasteiger partial charge in [-0.2, -0.15) is 5.10 Å². The lowest BCUT2D eigenvalue weighted by molar-refractivity contribution is 0.101. The molecule has 0 unspecified atom stereocenters. The Morgan fingerprint density at radius 3 is 2.74 bits per heavy atom. The van der Waals surface area contributed by atoms with Crippen LogP contribution in [0.4, 0.5) is 5.13 Å². The van der Waals surface area contributed by atoms with Crippen LogP contribution in [0, 0.1) is 13.8 Å². The lowest BCUT2D eigenvalue weighted by Crippen LogP contribution is -2.25. The monoisotopic (exact) mass is 327 g/mol. The largest absolute Gasteiger partial charge is 0.295 e. The fraction of sp³-hybridized carbons (Fsp3) is 0.133. The minimum Gasteiger partial charge on any atom is -0.295 e. The molecule has 0 bridgehead atoms. The third kappa shape index (κ3) is 3.32. The average molecular weight is 327 g/mol. The Hall–Kier alpha value is -2.87. The molecule has 0 fully saturated rings. The van der Waals surface area contributed by atoms with Gasteiger partial charge in [-0.1, -0.05) is 23.5 Å². The van der Waals surface area contributed by atoms with E-state index in [1.54, 1.807) is 6.92 Å². The van der Waals surface area contributed by atoms with E-state index < -0.39 is 11.3 Å². The van der Waals surface area contributed by atoms with Crippen LogP contribution in [-0.4, -0.2) is 25.9 Å². The predicted octanol–water partition coefficient (Wildman–Crippen LogP) is 1.95. The number of amides is 1. The maximum Gasteiger partial charge on any atom is 0.282 e. The predicted molar refractivity (Wildman–Crippen MR) is 87.2 cm³/mol. The van der Waals surface area contributed by atoms with Crippen LogP contribution in [0.3, 0.4) is 0 Å². The van der Waals surface area contributed by atoms with Crippen LogP contribution in [0.15, 0.2) is 41.3 Å². The molecule has 2 heterocycles. The molecule has 1 N–H and O–H groups in total. The second-order valence-electron chi connectivity index (χ2n) is 4.89. The fourth-order valence-corrected chi connectivity index (χ4v) is 2.57. The summed E-state index contributed by atoms with van der Waals surface area (Å²) in [5.41, 5.74) is 1.18. The summed E-state index contributed by atoms with van der Waals surface area (Å²) in [4.78, 5) is 24.2. The maximum atomic E-state index is 12.2. The highest BCUT2D eigenvalue weighted by Gasteiger charge is 2.15. The Morgan fingerprint density at radius 1 is 1.22 bits per heavy atom. The topological polar surface area (TPSA) is 89.8 Å². The summed E-state index contributed by atoms with van der Waals surface area (Å²) in [6.07, 6.45) is 1.53. The van der Waals surface area contributed by atoms with E-state index in [-0.39, 0.29) is 5.69 Å². The minimum absolute atomic E-state index is 0.193. The molecular formula is C15H13N5O2S. The van der Waals surface area contributed by atoms with Gasteiger partial charge in [0.05, 0.1) is 5.69 Å². The second kappa shape index (κ2) is 6.09. The summed E-state index contributed by atoms with van der Waals surface area (Å²) in [5.74, 6) is -0.604. The van der Waals surface area contributed by atoms with Gasteiger partial charge in [0.15, 0.2) is 5.69 Å². The number of benzene rings is 1. The first-order valence-corrected chi connectivity index (χ1v) is 7.63.